The monoisotopic (exact) mass is 376 g/mol. The lowest BCUT2D eigenvalue weighted by Crippen LogP contribution is -2.41. The third-order valence-electron chi connectivity index (χ3n) is 5.52. The van der Waals surface area contributed by atoms with Crippen LogP contribution in [0.4, 0.5) is 10.1 Å². The topological polar surface area (TPSA) is 112 Å². The number of halogens is 1. The number of benzene rings is 1. The number of hydrogen-bond donors (Lipinski definition) is 3. The quantitative estimate of drug-likeness (QED) is 0.703. The number of phenolic OH excluding ortho intramolecular Hbond substituents is 1. The molecule has 4 rings (SSSR count). The van der Waals surface area contributed by atoms with Gasteiger partial charge in [-0.05, 0) is 19.8 Å². The molecule has 8 nitrogen and oxygen atoms in total. The number of carboxylic acid groups (broad SMARTS) is 1. The maximum atomic E-state index is 15.2. The van der Waals surface area contributed by atoms with Gasteiger partial charge in [-0.1, -0.05) is 0 Å². The first-order chi connectivity index (χ1) is 12.6. The SMILES string of the molecule is CN1CCc2c(N3CCC(C)(N)C3)c(F)c(O)c3c(=O)c(C(=O)O)cn1c23. The van der Waals surface area contributed by atoms with Crippen LogP contribution in [0.15, 0.2) is 11.0 Å². The second-order valence-electron chi connectivity index (χ2n) is 7.69. The van der Waals surface area contributed by atoms with E-state index in [1.54, 1.807) is 17.0 Å². The van der Waals surface area contributed by atoms with E-state index < -0.39 is 34.1 Å². The van der Waals surface area contributed by atoms with Gasteiger partial charge in [0.1, 0.15) is 5.56 Å². The van der Waals surface area contributed by atoms with E-state index in [2.05, 4.69) is 0 Å². The number of carboxylic acids is 1. The van der Waals surface area contributed by atoms with Crippen molar-refractivity contribution >= 4 is 22.6 Å². The molecule has 1 atom stereocenters. The molecular formula is C18H21FN4O4. The van der Waals surface area contributed by atoms with E-state index in [1.165, 1.54) is 10.9 Å². The summed E-state index contributed by atoms with van der Waals surface area (Å²) in [5.74, 6) is -3.13. The molecule has 9 heteroatoms. The van der Waals surface area contributed by atoms with Gasteiger partial charge in [-0.15, -0.1) is 0 Å². The van der Waals surface area contributed by atoms with Gasteiger partial charge in [-0.3, -0.25) is 9.47 Å². The van der Waals surface area contributed by atoms with Crippen molar-refractivity contribution in [2.75, 3.05) is 36.6 Å². The third kappa shape index (κ3) is 2.45. The Morgan fingerprint density at radius 3 is 2.67 bits per heavy atom. The van der Waals surface area contributed by atoms with Gasteiger partial charge in [0.05, 0.1) is 16.6 Å². The highest BCUT2D eigenvalue weighted by molar-refractivity contribution is 5.99. The standard InChI is InChI=1S/C18H21FN4O4/c1-18(20)4-6-22(8-18)14-9-3-5-21(2)23-7-10(17(26)27)15(24)11(13(9)23)16(25)12(14)19/h7,25H,3-6,8,20H2,1-2H3,(H,26,27). The highest BCUT2D eigenvalue weighted by atomic mass is 19.1. The van der Waals surface area contributed by atoms with Crippen LogP contribution in [0.2, 0.25) is 0 Å². The van der Waals surface area contributed by atoms with Crippen LogP contribution < -0.4 is 21.1 Å². The van der Waals surface area contributed by atoms with Gasteiger partial charge in [-0.25, -0.2) is 9.18 Å². The second-order valence-corrected chi connectivity index (χ2v) is 7.69. The molecule has 4 N–H and O–H groups in total. The van der Waals surface area contributed by atoms with E-state index >= 15 is 4.39 Å². The predicted molar refractivity (Wildman–Crippen MR) is 98.9 cm³/mol. The van der Waals surface area contributed by atoms with Crippen molar-refractivity contribution in [1.29, 1.82) is 0 Å². The van der Waals surface area contributed by atoms with Crippen LogP contribution >= 0.6 is 0 Å². The van der Waals surface area contributed by atoms with E-state index in [0.29, 0.717) is 43.6 Å². The van der Waals surface area contributed by atoms with Gasteiger partial charge in [-0.2, -0.15) is 0 Å². The highest BCUT2D eigenvalue weighted by Crippen LogP contribution is 2.41. The first kappa shape index (κ1) is 17.6. The van der Waals surface area contributed by atoms with Gasteiger partial charge in [0.15, 0.2) is 11.6 Å². The fourth-order valence-corrected chi connectivity index (χ4v) is 4.12. The normalized spacial score (nSPS) is 21.9. The third-order valence-corrected chi connectivity index (χ3v) is 5.52. The van der Waals surface area contributed by atoms with Crippen LogP contribution in [0.3, 0.4) is 0 Å². The van der Waals surface area contributed by atoms with Gasteiger partial charge in [0.2, 0.25) is 5.43 Å². The number of aromatic carboxylic acids is 1. The first-order valence-electron chi connectivity index (χ1n) is 8.73. The van der Waals surface area contributed by atoms with Gasteiger partial charge in [0.25, 0.3) is 0 Å². The molecule has 1 saturated heterocycles. The van der Waals surface area contributed by atoms with Crippen molar-refractivity contribution in [3.8, 4) is 5.75 Å². The van der Waals surface area contributed by atoms with Crippen molar-refractivity contribution < 1.29 is 19.4 Å². The number of pyridine rings is 1. The number of aromatic nitrogens is 1. The van der Waals surface area contributed by atoms with Crippen molar-refractivity contribution in [3.05, 3.63) is 33.4 Å². The van der Waals surface area contributed by atoms with Gasteiger partial charge < -0.3 is 25.9 Å². The Morgan fingerprint density at radius 2 is 2.07 bits per heavy atom. The Bertz CT molecular complexity index is 1050. The largest absolute Gasteiger partial charge is 0.504 e. The van der Waals surface area contributed by atoms with Crippen molar-refractivity contribution in [1.82, 2.24) is 4.68 Å². The van der Waals surface area contributed by atoms with E-state index in [9.17, 15) is 19.8 Å². The van der Waals surface area contributed by atoms with E-state index in [-0.39, 0.29) is 11.1 Å². The minimum absolute atomic E-state index is 0.249. The molecule has 0 bridgehead atoms. The summed E-state index contributed by atoms with van der Waals surface area (Å²) in [7, 11) is 1.74. The fraction of sp³-hybridized carbons (Fsp3) is 0.444. The van der Waals surface area contributed by atoms with Crippen LogP contribution in [-0.2, 0) is 6.42 Å². The van der Waals surface area contributed by atoms with E-state index in [4.69, 9.17) is 5.73 Å². The molecule has 144 valence electrons. The number of nitrogens with zero attached hydrogens (tertiary/aromatic N) is 3. The van der Waals surface area contributed by atoms with Crippen molar-refractivity contribution in [2.24, 2.45) is 5.73 Å². The average Bonchev–Trinajstić information content (AvgIpc) is 2.94. The number of carbonyl (C=O) groups is 1. The van der Waals surface area contributed by atoms with Crippen LogP contribution in [-0.4, -0.2) is 53.1 Å². The molecule has 0 saturated carbocycles. The predicted octanol–water partition coefficient (Wildman–Crippen LogP) is 0.596. The number of aromatic hydroxyl groups is 1. The summed E-state index contributed by atoms with van der Waals surface area (Å²) in [6.07, 6.45) is 2.37. The van der Waals surface area contributed by atoms with Crippen LogP contribution in [0.5, 0.6) is 5.75 Å². The molecule has 2 aliphatic rings. The van der Waals surface area contributed by atoms with E-state index in [1.807, 2.05) is 6.92 Å². The van der Waals surface area contributed by atoms with Crippen molar-refractivity contribution in [3.63, 3.8) is 0 Å². The molecule has 1 aromatic heterocycles. The minimum atomic E-state index is -1.42. The Balaban J connectivity index is 2.10. The summed E-state index contributed by atoms with van der Waals surface area (Å²) in [5.41, 5.74) is 5.49. The van der Waals surface area contributed by atoms with Gasteiger partial charge >= 0.3 is 5.97 Å². The zero-order valence-electron chi connectivity index (χ0n) is 15.1. The number of anilines is 1. The Hall–Kier alpha value is -2.81. The number of nitrogens with two attached hydrogens (primary N) is 1. The molecular weight excluding hydrogens is 355 g/mol. The number of likely N-dealkylation sites (N-methyl/N-ethyl adjacent to an activating group) is 1. The molecule has 27 heavy (non-hydrogen) atoms. The molecule has 1 fully saturated rings. The number of phenols is 1. The molecule has 1 unspecified atom stereocenters. The first-order valence-corrected chi connectivity index (χ1v) is 8.73. The Kier molecular flexibility index (Phi) is 3.64. The fourth-order valence-electron chi connectivity index (χ4n) is 4.12. The molecule has 0 spiro atoms. The summed E-state index contributed by atoms with van der Waals surface area (Å²) in [5, 5.41) is 21.3. The molecule has 0 aliphatic carbocycles. The number of hydrogen-bond acceptors (Lipinski definition) is 6. The molecule has 1 aromatic carbocycles. The molecule has 2 aromatic rings. The summed E-state index contributed by atoms with van der Waals surface area (Å²) in [4.78, 5) is 25.9. The van der Waals surface area contributed by atoms with Crippen LogP contribution in [0, 0.1) is 5.82 Å². The smallest absolute Gasteiger partial charge is 0.341 e. The highest BCUT2D eigenvalue weighted by Gasteiger charge is 2.36. The van der Waals surface area contributed by atoms with Crippen molar-refractivity contribution in [2.45, 2.75) is 25.3 Å². The summed E-state index contributed by atoms with van der Waals surface area (Å²) >= 11 is 0. The number of rotatable bonds is 2. The molecule has 0 amide bonds. The summed E-state index contributed by atoms with van der Waals surface area (Å²) in [6, 6.07) is 0. The average molecular weight is 376 g/mol. The maximum absolute atomic E-state index is 15.2. The summed E-state index contributed by atoms with van der Waals surface area (Å²) in [6.45, 7) is 3.36. The van der Waals surface area contributed by atoms with Gasteiger partial charge in [0, 0.05) is 44.0 Å². The molecule has 3 heterocycles. The summed E-state index contributed by atoms with van der Waals surface area (Å²) < 4.78 is 16.7. The van der Waals surface area contributed by atoms with E-state index in [0.717, 1.165) is 0 Å². The molecule has 0 radical (unpaired) electrons. The van der Waals surface area contributed by atoms with Crippen LogP contribution in [0.25, 0.3) is 10.9 Å². The lowest BCUT2D eigenvalue weighted by atomic mass is 9.98. The Labute approximate surface area is 154 Å². The zero-order valence-corrected chi connectivity index (χ0v) is 15.1. The maximum Gasteiger partial charge on any atom is 0.341 e. The minimum Gasteiger partial charge on any atom is -0.504 e. The Morgan fingerprint density at radius 1 is 1.37 bits per heavy atom. The zero-order chi connectivity index (χ0) is 19.7. The molecule has 2 aliphatic heterocycles. The lowest BCUT2D eigenvalue weighted by Gasteiger charge is -2.34. The lowest BCUT2D eigenvalue weighted by molar-refractivity contribution is 0.0695. The van der Waals surface area contributed by atoms with Crippen LogP contribution in [0.1, 0.15) is 29.3 Å². The second kappa shape index (κ2) is 5.59.